The maximum Gasteiger partial charge on any atom is 0.262 e. The molecule has 102 valence electrons. The molecule has 1 N–H and O–H groups in total. The Labute approximate surface area is 119 Å². The summed E-state index contributed by atoms with van der Waals surface area (Å²) in [7, 11) is 3.01. The Morgan fingerprint density at radius 2 is 2.11 bits per heavy atom. The van der Waals surface area contributed by atoms with E-state index >= 15 is 0 Å². The van der Waals surface area contributed by atoms with E-state index in [2.05, 4.69) is 4.98 Å². The van der Waals surface area contributed by atoms with Crippen LogP contribution in [0.5, 0.6) is 0 Å². The lowest BCUT2D eigenvalue weighted by Gasteiger charge is -2.15. The average Bonchev–Trinajstić information content (AvgIpc) is 2.40. The highest BCUT2D eigenvalue weighted by Crippen LogP contribution is 2.14. The Bertz CT molecular complexity index is 706. The van der Waals surface area contributed by atoms with Crippen LogP contribution >= 0.6 is 23.8 Å². The van der Waals surface area contributed by atoms with Gasteiger partial charge in [0.1, 0.15) is 0 Å². The van der Waals surface area contributed by atoms with E-state index in [1.54, 1.807) is 18.2 Å². The second-order valence-electron chi connectivity index (χ2n) is 3.94. The summed E-state index contributed by atoms with van der Waals surface area (Å²) >= 11 is 11.1. The zero-order chi connectivity index (χ0) is 14.0. The predicted molar refractivity (Wildman–Crippen MR) is 76.2 cm³/mol. The van der Waals surface area contributed by atoms with E-state index in [1.165, 1.54) is 18.8 Å². The van der Waals surface area contributed by atoms with Crippen LogP contribution in [0.1, 0.15) is 0 Å². The molecule has 0 saturated heterocycles. The maximum atomic E-state index is 12.4. The number of H-pyrrole nitrogens is 1. The molecule has 2 rings (SSSR count). The number of benzene rings is 1. The number of rotatable bonds is 4. The van der Waals surface area contributed by atoms with E-state index in [0.717, 1.165) is 0 Å². The van der Waals surface area contributed by atoms with Crippen molar-refractivity contribution in [2.75, 3.05) is 14.2 Å². The van der Waals surface area contributed by atoms with E-state index in [-0.39, 0.29) is 12.1 Å². The van der Waals surface area contributed by atoms with Crippen LogP contribution in [0.15, 0.2) is 23.0 Å². The number of halogens is 1. The summed E-state index contributed by atoms with van der Waals surface area (Å²) in [6.07, 6.45) is -0.538. The van der Waals surface area contributed by atoms with Gasteiger partial charge in [0, 0.05) is 19.2 Å². The maximum absolute atomic E-state index is 12.4. The molecule has 1 aromatic heterocycles. The highest BCUT2D eigenvalue weighted by Gasteiger charge is 2.11. The van der Waals surface area contributed by atoms with Crippen molar-refractivity contribution in [3.8, 4) is 0 Å². The first-order chi connectivity index (χ1) is 9.06. The third-order valence-electron chi connectivity index (χ3n) is 2.80. The van der Waals surface area contributed by atoms with Gasteiger partial charge in [0.15, 0.2) is 11.1 Å². The van der Waals surface area contributed by atoms with E-state index in [0.29, 0.717) is 20.7 Å². The first-order valence-corrected chi connectivity index (χ1v) is 6.33. The fraction of sp³-hybridized carbons (Fsp3) is 0.333. The van der Waals surface area contributed by atoms with E-state index in [1.807, 2.05) is 0 Å². The Hall–Kier alpha value is -1.21. The van der Waals surface area contributed by atoms with Crippen LogP contribution < -0.4 is 5.56 Å². The molecule has 0 bridgehead atoms. The molecule has 0 aliphatic rings. The predicted octanol–water partition coefficient (Wildman–Crippen LogP) is 2.33. The molecule has 7 heteroatoms. The average molecular weight is 301 g/mol. The van der Waals surface area contributed by atoms with Crippen molar-refractivity contribution in [1.29, 1.82) is 0 Å². The zero-order valence-corrected chi connectivity index (χ0v) is 12.0. The number of aromatic amines is 1. The summed E-state index contributed by atoms with van der Waals surface area (Å²) in [5.41, 5.74) is 0.433. The second kappa shape index (κ2) is 5.83. The molecule has 0 fully saturated rings. The summed E-state index contributed by atoms with van der Waals surface area (Å²) in [5.74, 6) is 0. The topological polar surface area (TPSA) is 56.2 Å². The fourth-order valence-corrected chi connectivity index (χ4v) is 2.22. The number of aromatic nitrogens is 2. The molecule has 0 atom stereocenters. The zero-order valence-electron chi connectivity index (χ0n) is 10.5. The first kappa shape index (κ1) is 14.2. The smallest absolute Gasteiger partial charge is 0.262 e. The van der Waals surface area contributed by atoms with Crippen LogP contribution in [0, 0.1) is 4.77 Å². The van der Waals surface area contributed by atoms with Gasteiger partial charge in [0.2, 0.25) is 0 Å². The summed E-state index contributed by atoms with van der Waals surface area (Å²) in [5, 5.41) is 0.976. The molecule has 1 aromatic carbocycles. The molecule has 2 aromatic rings. The minimum Gasteiger partial charge on any atom is -0.354 e. The fourth-order valence-electron chi connectivity index (χ4n) is 1.78. The van der Waals surface area contributed by atoms with Crippen LogP contribution in [0.4, 0.5) is 0 Å². The molecule has 0 spiro atoms. The van der Waals surface area contributed by atoms with Gasteiger partial charge >= 0.3 is 0 Å². The minimum atomic E-state index is -0.538. The standard InChI is InChI=1S/C12H13ClN2O3S/c1-17-10(18-2)6-15-11(16)8-5-7(13)3-4-9(8)14-12(15)19/h3-5,10H,6H2,1-2H3,(H,14,19). The highest BCUT2D eigenvalue weighted by atomic mass is 35.5. The highest BCUT2D eigenvalue weighted by molar-refractivity contribution is 7.71. The van der Waals surface area contributed by atoms with Crippen LogP contribution in [0.3, 0.4) is 0 Å². The van der Waals surface area contributed by atoms with Gasteiger partial charge < -0.3 is 14.5 Å². The van der Waals surface area contributed by atoms with Gasteiger partial charge in [-0.25, -0.2) is 0 Å². The van der Waals surface area contributed by atoms with E-state index in [4.69, 9.17) is 33.3 Å². The third-order valence-corrected chi connectivity index (χ3v) is 3.36. The van der Waals surface area contributed by atoms with E-state index < -0.39 is 6.29 Å². The van der Waals surface area contributed by atoms with Crippen molar-refractivity contribution >= 4 is 34.7 Å². The SMILES string of the molecule is COC(Cn1c(=S)[nH]c2ccc(Cl)cc2c1=O)OC. The first-order valence-electron chi connectivity index (χ1n) is 5.54. The van der Waals surface area contributed by atoms with Crippen molar-refractivity contribution in [2.45, 2.75) is 12.8 Å². The van der Waals surface area contributed by atoms with Gasteiger partial charge in [-0.3, -0.25) is 9.36 Å². The van der Waals surface area contributed by atoms with Crippen molar-refractivity contribution in [3.63, 3.8) is 0 Å². The van der Waals surface area contributed by atoms with Crippen molar-refractivity contribution < 1.29 is 9.47 Å². The molecule has 0 saturated carbocycles. The van der Waals surface area contributed by atoms with E-state index in [9.17, 15) is 4.79 Å². The number of ether oxygens (including phenoxy) is 2. The normalized spacial score (nSPS) is 11.4. The van der Waals surface area contributed by atoms with Crippen molar-refractivity contribution in [1.82, 2.24) is 9.55 Å². The Kier molecular flexibility index (Phi) is 4.36. The quantitative estimate of drug-likeness (QED) is 0.695. The second-order valence-corrected chi connectivity index (χ2v) is 4.76. The van der Waals surface area contributed by atoms with Gasteiger partial charge in [-0.05, 0) is 30.4 Å². The minimum absolute atomic E-state index is 0.212. The van der Waals surface area contributed by atoms with Crippen molar-refractivity contribution in [3.05, 3.63) is 38.3 Å². The number of nitrogens with one attached hydrogen (secondary N) is 1. The van der Waals surface area contributed by atoms with Crippen LogP contribution in [0.25, 0.3) is 10.9 Å². The molecule has 1 heterocycles. The Balaban J connectivity index is 2.61. The third kappa shape index (κ3) is 2.87. The molecule has 0 radical (unpaired) electrons. The van der Waals surface area contributed by atoms with Gasteiger partial charge in [0.05, 0.1) is 17.4 Å². The molecule has 0 unspecified atom stereocenters. The Morgan fingerprint density at radius 3 is 2.74 bits per heavy atom. The van der Waals surface area contributed by atoms with Crippen molar-refractivity contribution in [2.24, 2.45) is 0 Å². The van der Waals surface area contributed by atoms with Crippen LogP contribution in [-0.2, 0) is 16.0 Å². The molecule has 0 aliphatic heterocycles. The lowest BCUT2D eigenvalue weighted by Crippen LogP contribution is -2.30. The number of methoxy groups -OCH3 is 2. The van der Waals surface area contributed by atoms with Gasteiger partial charge in [-0.2, -0.15) is 0 Å². The lowest BCUT2D eigenvalue weighted by atomic mass is 10.2. The molecule has 5 nitrogen and oxygen atoms in total. The van der Waals surface area contributed by atoms with Gasteiger partial charge in [-0.15, -0.1) is 0 Å². The summed E-state index contributed by atoms with van der Waals surface area (Å²) in [4.78, 5) is 15.4. The molecule has 0 aliphatic carbocycles. The molecular weight excluding hydrogens is 288 g/mol. The molecular formula is C12H13ClN2O3S. The summed E-state index contributed by atoms with van der Waals surface area (Å²) in [6.45, 7) is 0.212. The molecule has 0 amide bonds. The van der Waals surface area contributed by atoms with Crippen LogP contribution in [0.2, 0.25) is 5.02 Å². The van der Waals surface area contributed by atoms with Gasteiger partial charge in [-0.1, -0.05) is 11.6 Å². The van der Waals surface area contributed by atoms with Gasteiger partial charge in [0.25, 0.3) is 5.56 Å². The largest absolute Gasteiger partial charge is 0.354 e. The Morgan fingerprint density at radius 1 is 1.42 bits per heavy atom. The number of nitrogens with zero attached hydrogens (tertiary/aromatic N) is 1. The summed E-state index contributed by atoms with van der Waals surface area (Å²) in [6, 6.07) is 5.03. The monoisotopic (exact) mass is 300 g/mol. The number of hydrogen-bond donors (Lipinski definition) is 1. The lowest BCUT2D eigenvalue weighted by molar-refractivity contribution is -0.111. The summed E-state index contributed by atoms with van der Waals surface area (Å²) < 4.78 is 11.9. The molecule has 19 heavy (non-hydrogen) atoms. The number of fused-ring (bicyclic) bond motifs is 1. The van der Waals surface area contributed by atoms with Crippen LogP contribution in [-0.4, -0.2) is 30.1 Å². The number of hydrogen-bond acceptors (Lipinski definition) is 4.